The second-order valence-electron chi connectivity index (χ2n) is 1.62. The quantitative estimate of drug-likeness (QED) is 0.488. The van der Waals surface area contributed by atoms with Crippen molar-refractivity contribution in [2.75, 3.05) is 0 Å². The van der Waals surface area contributed by atoms with E-state index in [0.29, 0.717) is 0 Å². The van der Waals surface area contributed by atoms with Crippen molar-refractivity contribution in [2.24, 2.45) is 11.5 Å². The molecule has 0 aliphatic rings. The van der Waals surface area contributed by atoms with E-state index in [1.807, 2.05) is 0 Å². The number of hydrogen-bond acceptors (Lipinski definition) is 3. The summed E-state index contributed by atoms with van der Waals surface area (Å²) in [4.78, 5) is 19.9. The maximum absolute atomic E-state index is 9.99. The zero-order valence-corrected chi connectivity index (χ0v) is 10.9. The van der Waals surface area contributed by atoms with Crippen LogP contribution in [0.5, 0.6) is 0 Å². The first-order valence-electron chi connectivity index (χ1n) is 2.30. The number of hydrogen-bond donors (Lipinski definition) is 3. The zero-order chi connectivity index (χ0) is 7.44. The molecule has 0 aliphatic carbocycles. The Bertz CT molecular complexity index is 138. The molecule has 0 aromatic heterocycles. The molecule has 10 heavy (non-hydrogen) atoms. The van der Waals surface area contributed by atoms with Crippen molar-refractivity contribution in [3.63, 3.8) is 0 Å². The first kappa shape index (κ1) is 12.5. The normalized spacial score (nSPS) is 11.3. The Morgan fingerprint density at radius 1 is 1.50 bits per heavy atom. The first-order chi connectivity index (χ1) is 4.04. The summed E-state index contributed by atoms with van der Waals surface area (Å²) in [6.45, 7) is 0. The van der Waals surface area contributed by atoms with Gasteiger partial charge < -0.3 is 16.6 Å². The van der Waals surface area contributed by atoms with E-state index in [-0.39, 0.29) is 33.7 Å². The van der Waals surface area contributed by atoms with Gasteiger partial charge in [0.1, 0.15) is 6.04 Å². The fraction of sp³-hybridized carbons (Fsp3) is 0.500. The number of carbonyl (C=O) groups excluding carboxylic acids is 1. The molecule has 1 amide bonds. The zero-order valence-electron chi connectivity index (χ0n) is 5.41. The number of carboxylic acid groups (broad SMARTS) is 1. The SMILES string of the molecule is NC(=O)CC(N)C(=O)O.[PbH2]. The van der Waals surface area contributed by atoms with E-state index in [1.54, 1.807) is 0 Å². The van der Waals surface area contributed by atoms with Crippen molar-refractivity contribution >= 4 is 39.2 Å². The molecule has 1 atom stereocenters. The second kappa shape index (κ2) is 5.60. The molecule has 0 heterocycles. The molecule has 5 nitrogen and oxygen atoms in total. The molecule has 0 aromatic carbocycles. The number of carbonyl (C=O) groups is 2. The van der Waals surface area contributed by atoms with E-state index >= 15 is 0 Å². The Balaban J connectivity index is 0. The Kier molecular flexibility index (Phi) is 6.99. The maximum atomic E-state index is 9.99. The molecule has 6 heteroatoms. The Hall–Kier alpha value is -0.178. The standard InChI is InChI=1S/C4H8N2O3.Pb.2H/c5-2(4(8)9)1-3(6)7;;;/h2H,1,5H2,(H2,6,7)(H,8,9);;;. The minimum absolute atomic E-state index is 0. The van der Waals surface area contributed by atoms with Gasteiger partial charge in [0.25, 0.3) is 0 Å². The molecule has 0 fully saturated rings. The number of nitrogens with two attached hydrogens (primary N) is 2. The number of amides is 1. The van der Waals surface area contributed by atoms with Gasteiger partial charge in [-0.15, -0.1) is 0 Å². The molecule has 0 rings (SSSR count). The molecule has 0 saturated carbocycles. The van der Waals surface area contributed by atoms with Gasteiger partial charge in [-0.05, 0) is 0 Å². The van der Waals surface area contributed by atoms with Crippen LogP contribution < -0.4 is 11.5 Å². The number of primary amides is 1. The van der Waals surface area contributed by atoms with E-state index in [1.165, 1.54) is 0 Å². The first-order valence-corrected chi connectivity index (χ1v) is 2.30. The van der Waals surface area contributed by atoms with Crippen LogP contribution in [0.1, 0.15) is 6.42 Å². The van der Waals surface area contributed by atoms with Crippen LogP contribution in [0.2, 0.25) is 0 Å². The van der Waals surface area contributed by atoms with E-state index in [2.05, 4.69) is 5.73 Å². The van der Waals surface area contributed by atoms with Gasteiger partial charge in [0.2, 0.25) is 5.91 Å². The summed E-state index contributed by atoms with van der Waals surface area (Å²) >= 11 is 0. The summed E-state index contributed by atoms with van der Waals surface area (Å²) in [6, 6.07) is -1.16. The third-order valence-corrected chi connectivity index (χ3v) is 0.738. The predicted octanol–water partition coefficient (Wildman–Crippen LogP) is -2.64. The molecule has 1 unspecified atom stereocenters. The number of rotatable bonds is 3. The van der Waals surface area contributed by atoms with Crippen LogP contribution >= 0.6 is 0 Å². The van der Waals surface area contributed by atoms with Gasteiger partial charge in [-0.25, -0.2) is 0 Å². The second-order valence-corrected chi connectivity index (χ2v) is 1.62. The molecule has 0 aliphatic heterocycles. The van der Waals surface area contributed by atoms with E-state index in [9.17, 15) is 9.59 Å². The molecule has 58 valence electrons. The van der Waals surface area contributed by atoms with Gasteiger partial charge in [0.05, 0.1) is 6.42 Å². The van der Waals surface area contributed by atoms with Gasteiger partial charge in [-0.3, -0.25) is 9.59 Å². The topological polar surface area (TPSA) is 106 Å². The summed E-state index contributed by atoms with van der Waals surface area (Å²) in [7, 11) is 0. The fourth-order valence-corrected chi connectivity index (χ4v) is 0.304. The number of aliphatic carboxylic acids is 1. The van der Waals surface area contributed by atoms with Crippen molar-refractivity contribution < 1.29 is 14.7 Å². The van der Waals surface area contributed by atoms with Crippen LogP contribution in [-0.4, -0.2) is 50.3 Å². The van der Waals surface area contributed by atoms with Crippen LogP contribution in [0.25, 0.3) is 0 Å². The van der Waals surface area contributed by atoms with Gasteiger partial charge in [-0.2, -0.15) is 0 Å². The molecule has 0 bridgehead atoms. The summed E-state index contributed by atoms with van der Waals surface area (Å²) in [5.74, 6) is -1.92. The third-order valence-electron chi connectivity index (χ3n) is 0.738. The van der Waals surface area contributed by atoms with Gasteiger partial charge >= 0.3 is 33.3 Å². The van der Waals surface area contributed by atoms with Crippen molar-refractivity contribution in [3.8, 4) is 0 Å². The van der Waals surface area contributed by atoms with Gasteiger partial charge in [0.15, 0.2) is 0 Å². The molecular weight excluding hydrogens is 331 g/mol. The molecule has 0 aromatic rings. The molecule has 0 spiro atoms. The predicted molar refractivity (Wildman–Crippen MR) is 38.0 cm³/mol. The van der Waals surface area contributed by atoms with Crippen molar-refractivity contribution in [1.29, 1.82) is 0 Å². The third kappa shape index (κ3) is 5.95. The van der Waals surface area contributed by atoms with Crippen LogP contribution in [0.4, 0.5) is 0 Å². The number of carboxylic acids is 1. The van der Waals surface area contributed by atoms with Crippen LogP contribution in [0.3, 0.4) is 0 Å². The van der Waals surface area contributed by atoms with Crippen molar-refractivity contribution in [2.45, 2.75) is 12.5 Å². The summed E-state index contributed by atoms with van der Waals surface area (Å²) in [5.41, 5.74) is 9.57. The Morgan fingerprint density at radius 3 is 2.00 bits per heavy atom. The molecule has 0 saturated heterocycles. The summed E-state index contributed by atoms with van der Waals surface area (Å²) in [6.07, 6.45) is -0.310. The minimum atomic E-state index is -1.21. The van der Waals surface area contributed by atoms with Crippen molar-refractivity contribution in [3.05, 3.63) is 0 Å². The monoisotopic (exact) mass is 342 g/mol. The summed E-state index contributed by atoms with van der Waals surface area (Å²) < 4.78 is 0. The van der Waals surface area contributed by atoms with E-state index in [4.69, 9.17) is 10.8 Å². The molecule has 5 N–H and O–H groups in total. The van der Waals surface area contributed by atoms with Crippen LogP contribution in [-0.2, 0) is 9.59 Å². The van der Waals surface area contributed by atoms with Crippen LogP contribution in [0, 0.1) is 0 Å². The Labute approximate surface area is 77.9 Å². The molecule has 2 radical (unpaired) electrons. The Morgan fingerprint density at radius 2 is 1.90 bits per heavy atom. The summed E-state index contributed by atoms with van der Waals surface area (Å²) in [5, 5.41) is 8.10. The van der Waals surface area contributed by atoms with Gasteiger partial charge in [0, 0.05) is 0 Å². The van der Waals surface area contributed by atoms with E-state index in [0.717, 1.165) is 0 Å². The van der Waals surface area contributed by atoms with Gasteiger partial charge in [-0.1, -0.05) is 0 Å². The average Bonchev–Trinajstić information content (AvgIpc) is 1.63. The van der Waals surface area contributed by atoms with Crippen molar-refractivity contribution in [1.82, 2.24) is 0 Å². The molecular formula is C4H10N2O3Pb. The van der Waals surface area contributed by atoms with Crippen LogP contribution in [0.15, 0.2) is 0 Å². The van der Waals surface area contributed by atoms with E-state index < -0.39 is 17.9 Å². The fourth-order valence-electron chi connectivity index (χ4n) is 0.304. The average molecular weight is 341 g/mol.